The van der Waals surface area contributed by atoms with E-state index in [-0.39, 0.29) is 5.56 Å². The fourth-order valence-corrected chi connectivity index (χ4v) is 1.55. The highest BCUT2D eigenvalue weighted by Gasteiger charge is 2.19. The van der Waals surface area contributed by atoms with Gasteiger partial charge in [0.15, 0.2) is 0 Å². The number of benzene rings is 1. The molecule has 1 heterocycles. The molecule has 1 aromatic heterocycles. The second-order valence-corrected chi connectivity index (χ2v) is 3.52. The van der Waals surface area contributed by atoms with Crippen molar-refractivity contribution in [2.24, 2.45) is 0 Å². The smallest absolute Gasteiger partial charge is 0.343 e. The van der Waals surface area contributed by atoms with E-state index in [1.807, 2.05) is 0 Å². The van der Waals surface area contributed by atoms with E-state index in [0.717, 1.165) is 19.2 Å². The molecule has 18 heavy (non-hydrogen) atoms. The van der Waals surface area contributed by atoms with Gasteiger partial charge in [0, 0.05) is 11.8 Å². The molecule has 0 radical (unpaired) electrons. The maximum Gasteiger partial charge on any atom is 0.343 e. The van der Waals surface area contributed by atoms with E-state index in [1.54, 1.807) is 18.2 Å². The number of halogens is 2. The Labute approximate surface area is 102 Å². The van der Waals surface area contributed by atoms with Crippen LogP contribution in [-0.4, -0.2) is 18.1 Å². The van der Waals surface area contributed by atoms with Crippen molar-refractivity contribution in [2.45, 2.75) is 0 Å². The van der Waals surface area contributed by atoms with Crippen molar-refractivity contribution in [3.63, 3.8) is 0 Å². The molecule has 0 unspecified atom stereocenters. The monoisotopic (exact) mass is 249 g/mol. The number of carbonyl (C=O) groups is 1. The van der Waals surface area contributed by atoms with Gasteiger partial charge in [-0.15, -0.1) is 0 Å². The summed E-state index contributed by atoms with van der Waals surface area (Å²) >= 11 is 0. The third kappa shape index (κ3) is 2.20. The topological polar surface area (TPSA) is 39.2 Å². The minimum absolute atomic E-state index is 0.262. The maximum absolute atomic E-state index is 13.7. The average molecular weight is 249 g/mol. The lowest BCUT2D eigenvalue weighted by molar-refractivity contribution is 0.0590. The summed E-state index contributed by atoms with van der Waals surface area (Å²) in [6, 6.07) is 7.12. The summed E-state index contributed by atoms with van der Waals surface area (Å²) in [5, 5.41) is 0. The van der Waals surface area contributed by atoms with E-state index in [0.29, 0.717) is 5.69 Å². The molecule has 0 spiro atoms. The van der Waals surface area contributed by atoms with Gasteiger partial charge in [-0.25, -0.2) is 13.6 Å². The van der Waals surface area contributed by atoms with Gasteiger partial charge >= 0.3 is 5.97 Å². The van der Waals surface area contributed by atoms with Crippen LogP contribution in [0.25, 0.3) is 11.3 Å². The number of aromatic nitrogens is 1. The molecule has 92 valence electrons. The highest BCUT2D eigenvalue weighted by atomic mass is 19.1. The Hall–Kier alpha value is -2.30. The molecule has 0 aliphatic heterocycles. The van der Waals surface area contributed by atoms with Crippen LogP contribution in [0.3, 0.4) is 0 Å². The molecule has 0 fully saturated rings. The van der Waals surface area contributed by atoms with E-state index in [4.69, 9.17) is 0 Å². The normalized spacial score (nSPS) is 10.2. The van der Waals surface area contributed by atoms with Gasteiger partial charge < -0.3 is 4.74 Å². The number of pyridine rings is 1. The predicted octanol–water partition coefficient (Wildman–Crippen LogP) is 2.81. The number of rotatable bonds is 2. The Morgan fingerprint density at radius 2 is 1.89 bits per heavy atom. The molecule has 0 aliphatic carbocycles. The summed E-state index contributed by atoms with van der Waals surface area (Å²) in [4.78, 5) is 15.2. The van der Waals surface area contributed by atoms with Gasteiger partial charge in [0.2, 0.25) is 0 Å². The molecule has 1 aromatic carbocycles. The summed E-state index contributed by atoms with van der Waals surface area (Å²) in [6.45, 7) is 0. The Kier molecular flexibility index (Phi) is 3.32. The quantitative estimate of drug-likeness (QED) is 0.768. The first-order valence-corrected chi connectivity index (χ1v) is 5.12. The largest absolute Gasteiger partial charge is 0.465 e. The molecule has 0 saturated carbocycles. The van der Waals surface area contributed by atoms with E-state index in [9.17, 15) is 13.6 Å². The van der Waals surface area contributed by atoms with Gasteiger partial charge in [0.25, 0.3) is 0 Å². The summed E-state index contributed by atoms with van der Waals surface area (Å²) in [6.07, 6.45) is 1.51. The predicted molar refractivity (Wildman–Crippen MR) is 60.9 cm³/mol. The first-order chi connectivity index (χ1) is 8.63. The second kappa shape index (κ2) is 4.91. The standard InChI is InChI=1S/C13H9F2NO2/c1-18-13(17)12-9(14)6-8(7-10(12)15)11-4-2-3-5-16-11/h2-7H,1H3. The second-order valence-electron chi connectivity index (χ2n) is 3.52. The zero-order chi connectivity index (χ0) is 13.1. The Bertz CT molecular complexity index is 562. The minimum Gasteiger partial charge on any atom is -0.465 e. The van der Waals surface area contributed by atoms with E-state index < -0.39 is 23.2 Å². The molecule has 0 N–H and O–H groups in total. The van der Waals surface area contributed by atoms with Crippen LogP contribution in [0.1, 0.15) is 10.4 Å². The lowest BCUT2D eigenvalue weighted by Gasteiger charge is -2.06. The number of nitrogens with zero attached hydrogens (tertiary/aromatic N) is 1. The number of carbonyl (C=O) groups excluding carboxylic acids is 1. The van der Waals surface area contributed by atoms with Crippen LogP contribution in [0, 0.1) is 11.6 Å². The van der Waals surface area contributed by atoms with Crippen molar-refractivity contribution >= 4 is 5.97 Å². The number of hydrogen-bond acceptors (Lipinski definition) is 3. The van der Waals surface area contributed by atoms with Crippen molar-refractivity contribution in [2.75, 3.05) is 7.11 Å². The van der Waals surface area contributed by atoms with Gasteiger partial charge in [-0.3, -0.25) is 4.98 Å². The van der Waals surface area contributed by atoms with Crippen LogP contribution >= 0.6 is 0 Å². The SMILES string of the molecule is COC(=O)c1c(F)cc(-c2ccccn2)cc1F. The summed E-state index contributed by atoms with van der Waals surface area (Å²) in [5.41, 5.74) is -0.0119. The molecule has 0 amide bonds. The summed E-state index contributed by atoms with van der Waals surface area (Å²) in [5.74, 6) is -2.98. The van der Waals surface area contributed by atoms with Crippen LogP contribution in [0.2, 0.25) is 0 Å². The third-order valence-corrected chi connectivity index (χ3v) is 2.39. The van der Waals surface area contributed by atoms with Crippen molar-refractivity contribution in [1.29, 1.82) is 0 Å². The van der Waals surface area contributed by atoms with Gasteiger partial charge in [-0.1, -0.05) is 6.07 Å². The van der Waals surface area contributed by atoms with E-state index in [1.165, 1.54) is 6.20 Å². The number of ether oxygens (including phenoxy) is 1. The van der Waals surface area contributed by atoms with Crippen LogP contribution in [-0.2, 0) is 4.74 Å². The van der Waals surface area contributed by atoms with Crippen LogP contribution in [0.4, 0.5) is 8.78 Å². The molecular weight excluding hydrogens is 240 g/mol. The number of hydrogen-bond donors (Lipinski definition) is 0. The summed E-state index contributed by atoms with van der Waals surface area (Å²) < 4.78 is 31.6. The Morgan fingerprint density at radius 1 is 1.22 bits per heavy atom. The fraction of sp³-hybridized carbons (Fsp3) is 0.0769. The molecular formula is C13H9F2NO2. The van der Waals surface area contributed by atoms with Gasteiger partial charge in [-0.05, 0) is 24.3 Å². The first kappa shape index (κ1) is 12.2. The molecule has 3 nitrogen and oxygen atoms in total. The molecule has 2 rings (SSSR count). The maximum atomic E-state index is 13.7. The first-order valence-electron chi connectivity index (χ1n) is 5.12. The van der Waals surface area contributed by atoms with Crippen molar-refractivity contribution in [1.82, 2.24) is 4.98 Å². The average Bonchev–Trinajstić information content (AvgIpc) is 2.38. The highest BCUT2D eigenvalue weighted by molar-refractivity contribution is 5.90. The lowest BCUT2D eigenvalue weighted by Crippen LogP contribution is -2.08. The van der Waals surface area contributed by atoms with Gasteiger partial charge in [0.1, 0.15) is 17.2 Å². The van der Waals surface area contributed by atoms with E-state index >= 15 is 0 Å². The Balaban J connectivity index is 2.53. The molecule has 5 heteroatoms. The van der Waals surface area contributed by atoms with Gasteiger partial charge in [-0.2, -0.15) is 0 Å². The zero-order valence-electron chi connectivity index (χ0n) is 9.48. The highest BCUT2D eigenvalue weighted by Crippen LogP contribution is 2.23. The molecule has 0 saturated heterocycles. The number of methoxy groups -OCH3 is 1. The van der Waals surface area contributed by atoms with Crippen molar-refractivity contribution in [3.8, 4) is 11.3 Å². The van der Waals surface area contributed by atoms with E-state index in [2.05, 4.69) is 9.72 Å². The third-order valence-electron chi connectivity index (χ3n) is 2.39. The zero-order valence-corrected chi connectivity index (χ0v) is 9.48. The van der Waals surface area contributed by atoms with Crippen LogP contribution in [0.15, 0.2) is 36.5 Å². The lowest BCUT2D eigenvalue weighted by atomic mass is 10.1. The Morgan fingerprint density at radius 3 is 2.39 bits per heavy atom. The van der Waals surface area contributed by atoms with Crippen LogP contribution in [0.5, 0.6) is 0 Å². The van der Waals surface area contributed by atoms with Crippen molar-refractivity contribution < 1.29 is 18.3 Å². The minimum atomic E-state index is -1.04. The molecule has 0 atom stereocenters. The fourth-order valence-electron chi connectivity index (χ4n) is 1.55. The molecule has 2 aromatic rings. The van der Waals surface area contributed by atoms with Crippen molar-refractivity contribution in [3.05, 3.63) is 53.7 Å². The van der Waals surface area contributed by atoms with Gasteiger partial charge in [0.05, 0.1) is 12.8 Å². The summed E-state index contributed by atoms with van der Waals surface area (Å²) in [7, 11) is 1.06. The number of esters is 1. The molecule has 0 aliphatic rings. The molecule has 0 bridgehead atoms. The van der Waals surface area contributed by atoms with Crippen LogP contribution < -0.4 is 0 Å².